The number of carbonyl (C=O) groups excluding carboxylic acids is 1. The van der Waals surface area contributed by atoms with Crippen LogP contribution in [0.4, 0.5) is 0 Å². The molecule has 2 rings (SSSR count). The second kappa shape index (κ2) is 6.62. The van der Waals surface area contributed by atoms with Crippen molar-refractivity contribution in [1.29, 1.82) is 0 Å². The number of H-pyrrole nitrogens is 1. The van der Waals surface area contributed by atoms with E-state index in [0.717, 1.165) is 0 Å². The Kier molecular flexibility index (Phi) is 4.61. The number of carbonyl (C=O) groups is 1. The average Bonchev–Trinajstić information content (AvgIpc) is 2.96. The molecule has 0 saturated heterocycles. The molecule has 0 atom stereocenters. The van der Waals surface area contributed by atoms with Gasteiger partial charge in [-0.2, -0.15) is 5.10 Å². The Balaban J connectivity index is 1.85. The summed E-state index contributed by atoms with van der Waals surface area (Å²) in [6, 6.07) is 7.02. The highest BCUT2D eigenvalue weighted by Crippen LogP contribution is 2.17. The Morgan fingerprint density at radius 1 is 1.45 bits per heavy atom. The molecule has 0 aliphatic carbocycles. The van der Waals surface area contributed by atoms with Gasteiger partial charge in [0.05, 0.1) is 12.1 Å². The van der Waals surface area contributed by atoms with E-state index < -0.39 is 0 Å². The van der Waals surface area contributed by atoms with Gasteiger partial charge in [-0.05, 0) is 12.1 Å². The van der Waals surface area contributed by atoms with Gasteiger partial charge in [0, 0.05) is 0 Å². The molecule has 0 saturated carbocycles. The number of thiocarbonyl (C=S) groups is 1. The molecule has 20 heavy (non-hydrogen) atoms. The maximum atomic E-state index is 11.6. The molecule has 0 aliphatic heterocycles. The zero-order valence-electron chi connectivity index (χ0n) is 10.5. The standard InChI is InChI=1S/C12H13N5O2S/c13-12(20)8-3-1-2-4-9(8)19-6-11(18)14-5-10-15-7-16-17-10/h1-4,7H,5-6H2,(H2,13,20)(H,14,18)(H,15,16,17). The molecule has 1 heterocycles. The molecule has 0 spiro atoms. The highest BCUT2D eigenvalue weighted by molar-refractivity contribution is 7.80. The quantitative estimate of drug-likeness (QED) is 0.653. The minimum Gasteiger partial charge on any atom is -0.483 e. The van der Waals surface area contributed by atoms with Crippen LogP contribution in [0.3, 0.4) is 0 Å². The SMILES string of the molecule is NC(=S)c1ccccc1OCC(=O)NCc1ncn[nH]1. The lowest BCUT2D eigenvalue weighted by atomic mass is 10.2. The predicted molar refractivity (Wildman–Crippen MR) is 76.1 cm³/mol. The summed E-state index contributed by atoms with van der Waals surface area (Å²) >= 11 is 4.91. The number of amides is 1. The molecule has 0 fully saturated rings. The van der Waals surface area contributed by atoms with Crippen LogP contribution in [-0.2, 0) is 11.3 Å². The highest BCUT2D eigenvalue weighted by atomic mass is 32.1. The van der Waals surface area contributed by atoms with Crippen LogP contribution in [0.5, 0.6) is 5.75 Å². The van der Waals surface area contributed by atoms with Gasteiger partial charge < -0.3 is 15.8 Å². The summed E-state index contributed by atoms with van der Waals surface area (Å²) in [6.45, 7) is 0.132. The lowest BCUT2D eigenvalue weighted by Crippen LogP contribution is -2.29. The Hall–Kier alpha value is -2.48. The first-order valence-corrected chi connectivity index (χ1v) is 6.20. The van der Waals surface area contributed by atoms with Gasteiger partial charge in [-0.15, -0.1) is 0 Å². The molecule has 104 valence electrons. The number of nitrogens with two attached hydrogens (primary N) is 1. The molecule has 1 aromatic carbocycles. The van der Waals surface area contributed by atoms with E-state index in [-0.39, 0.29) is 24.0 Å². The highest BCUT2D eigenvalue weighted by Gasteiger charge is 2.08. The second-order valence-electron chi connectivity index (χ2n) is 3.86. The molecule has 7 nitrogen and oxygen atoms in total. The van der Waals surface area contributed by atoms with Crippen molar-refractivity contribution in [3.8, 4) is 5.75 Å². The zero-order chi connectivity index (χ0) is 14.4. The molecule has 2 aromatic rings. The van der Waals surface area contributed by atoms with Crippen molar-refractivity contribution >= 4 is 23.1 Å². The minimum atomic E-state index is -0.279. The summed E-state index contributed by atoms with van der Waals surface area (Å²) in [5.41, 5.74) is 6.18. The first-order valence-electron chi connectivity index (χ1n) is 5.79. The van der Waals surface area contributed by atoms with Crippen LogP contribution in [0, 0.1) is 0 Å². The van der Waals surface area contributed by atoms with E-state index in [1.807, 2.05) is 0 Å². The normalized spacial score (nSPS) is 10.0. The van der Waals surface area contributed by atoms with Gasteiger partial charge in [0.25, 0.3) is 5.91 Å². The Bertz CT molecular complexity index is 600. The Morgan fingerprint density at radius 3 is 2.95 bits per heavy atom. The number of aromatic amines is 1. The van der Waals surface area contributed by atoms with Crippen molar-refractivity contribution in [3.05, 3.63) is 42.0 Å². The molecule has 0 bridgehead atoms. The summed E-state index contributed by atoms with van der Waals surface area (Å²) in [6.07, 6.45) is 1.37. The fourth-order valence-electron chi connectivity index (χ4n) is 1.49. The largest absolute Gasteiger partial charge is 0.483 e. The Labute approximate surface area is 120 Å². The van der Waals surface area contributed by atoms with Gasteiger partial charge in [0.2, 0.25) is 0 Å². The van der Waals surface area contributed by atoms with E-state index in [4.69, 9.17) is 22.7 Å². The monoisotopic (exact) mass is 291 g/mol. The number of hydrogen-bond acceptors (Lipinski definition) is 5. The predicted octanol–water partition coefficient (Wildman–Crippen LogP) is 0.134. The first-order chi connectivity index (χ1) is 9.66. The van der Waals surface area contributed by atoms with Crippen LogP contribution in [0.25, 0.3) is 0 Å². The van der Waals surface area contributed by atoms with E-state index in [9.17, 15) is 4.79 Å². The fraction of sp³-hybridized carbons (Fsp3) is 0.167. The van der Waals surface area contributed by atoms with Gasteiger partial charge in [0.15, 0.2) is 6.61 Å². The van der Waals surface area contributed by atoms with Crippen LogP contribution < -0.4 is 15.8 Å². The molecule has 0 aliphatic rings. The van der Waals surface area contributed by atoms with E-state index in [1.165, 1.54) is 6.33 Å². The number of nitrogens with one attached hydrogen (secondary N) is 2. The molecule has 1 aromatic heterocycles. The summed E-state index contributed by atoms with van der Waals surface area (Å²) < 4.78 is 5.40. The van der Waals surface area contributed by atoms with Crippen molar-refractivity contribution in [1.82, 2.24) is 20.5 Å². The molecule has 4 N–H and O–H groups in total. The van der Waals surface area contributed by atoms with Crippen molar-refractivity contribution in [2.24, 2.45) is 5.73 Å². The van der Waals surface area contributed by atoms with Crippen LogP contribution >= 0.6 is 12.2 Å². The molecule has 0 radical (unpaired) electrons. The summed E-state index contributed by atoms with van der Waals surface area (Å²) in [5, 5.41) is 8.96. The number of ether oxygens (including phenoxy) is 1. The summed E-state index contributed by atoms with van der Waals surface area (Å²) in [4.78, 5) is 15.7. The maximum absolute atomic E-state index is 11.6. The Morgan fingerprint density at radius 2 is 2.25 bits per heavy atom. The lowest BCUT2D eigenvalue weighted by molar-refractivity contribution is -0.123. The number of nitrogens with zero attached hydrogens (tertiary/aromatic N) is 2. The summed E-state index contributed by atoms with van der Waals surface area (Å²) in [7, 11) is 0. The van der Waals surface area contributed by atoms with Crippen LogP contribution in [0.2, 0.25) is 0 Å². The number of benzene rings is 1. The van der Waals surface area contributed by atoms with E-state index in [2.05, 4.69) is 20.5 Å². The molecular weight excluding hydrogens is 278 g/mol. The van der Waals surface area contributed by atoms with Gasteiger partial charge in [0.1, 0.15) is 22.9 Å². The third-order valence-corrected chi connectivity index (χ3v) is 2.65. The van der Waals surface area contributed by atoms with E-state index in [0.29, 0.717) is 17.1 Å². The van der Waals surface area contributed by atoms with Gasteiger partial charge in [-0.25, -0.2) is 4.98 Å². The van der Waals surface area contributed by atoms with Gasteiger partial charge >= 0.3 is 0 Å². The first kappa shape index (κ1) is 13.9. The zero-order valence-corrected chi connectivity index (χ0v) is 11.3. The number of hydrogen-bond donors (Lipinski definition) is 3. The van der Waals surface area contributed by atoms with Crippen LogP contribution in [0.1, 0.15) is 11.4 Å². The van der Waals surface area contributed by atoms with Crippen molar-refractivity contribution < 1.29 is 9.53 Å². The summed E-state index contributed by atoms with van der Waals surface area (Å²) in [5.74, 6) is 0.774. The molecule has 0 unspecified atom stereocenters. The van der Waals surface area contributed by atoms with Crippen molar-refractivity contribution in [2.45, 2.75) is 6.54 Å². The minimum absolute atomic E-state index is 0.131. The van der Waals surface area contributed by atoms with Crippen LogP contribution in [-0.4, -0.2) is 32.7 Å². The number of aromatic nitrogens is 3. The third kappa shape index (κ3) is 3.75. The smallest absolute Gasteiger partial charge is 0.258 e. The number of para-hydroxylation sites is 1. The van der Waals surface area contributed by atoms with Crippen molar-refractivity contribution in [2.75, 3.05) is 6.61 Å². The maximum Gasteiger partial charge on any atom is 0.258 e. The second-order valence-corrected chi connectivity index (χ2v) is 4.30. The lowest BCUT2D eigenvalue weighted by Gasteiger charge is -2.10. The average molecular weight is 291 g/mol. The van der Waals surface area contributed by atoms with Crippen molar-refractivity contribution in [3.63, 3.8) is 0 Å². The van der Waals surface area contributed by atoms with E-state index in [1.54, 1.807) is 24.3 Å². The van der Waals surface area contributed by atoms with Crippen LogP contribution in [0.15, 0.2) is 30.6 Å². The molecule has 8 heteroatoms. The number of rotatable bonds is 6. The fourth-order valence-corrected chi connectivity index (χ4v) is 1.66. The molecular formula is C12H13N5O2S. The molecule has 1 amide bonds. The van der Waals surface area contributed by atoms with Gasteiger partial charge in [-0.1, -0.05) is 24.4 Å². The van der Waals surface area contributed by atoms with E-state index >= 15 is 0 Å². The topological polar surface area (TPSA) is 106 Å². The van der Waals surface area contributed by atoms with Gasteiger partial charge in [-0.3, -0.25) is 9.89 Å². The third-order valence-electron chi connectivity index (χ3n) is 2.43.